The summed E-state index contributed by atoms with van der Waals surface area (Å²) in [4.78, 5) is 28.1. The summed E-state index contributed by atoms with van der Waals surface area (Å²) < 4.78 is 26.9. The number of rotatable bonds is 12. The van der Waals surface area contributed by atoms with E-state index in [1.165, 1.54) is 4.90 Å². The largest absolute Gasteiger partial charge is 0.354 e. The third-order valence-corrected chi connectivity index (χ3v) is 7.76. The fourth-order valence-electron chi connectivity index (χ4n) is 3.51. The summed E-state index contributed by atoms with van der Waals surface area (Å²) in [5, 5.41) is 3.67. The average Bonchev–Trinajstić information content (AvgIpc) is 2.78. The molecule has 2 aromatic carbocycles. The number of para-hydroxylation sites is 1. The second-order valence-corrected chi connectivity index (χ2v) is 11.7. The lowest BCUT2D eigenvalue weighted by Gasteiger charge is -2.33. The molecule has 0 saturated heterocycles. The summed E-state index contributed by atoms with van der Waals surface area (Å²) in [7, 11) is -3.81. The predicted octanol–water partition coefficient (Wildman–Crippen LogP) is 5.25. The van der Waals surface area contributed by atoms with Crippen molar-refractivity contribution < 1.29 is 18.0 Å². The summed E-state index contributed by atoms with van der Waals surface area (Å²) in [6.07, 6.45) is 3.09. The van der Waals surface area contributed by atoms with E-state index in [0.717, 1.165) is 23.4 Å². The lowest BCUT2D eigenvalue weighted by atomic mass is 10.1. The van der Waals surface area contributed by atoms with Crippen LogP contribution >= 0.6 is 39.1 Å². The highest BCUT2D eigenvalue weighted by Gasteiger charge is 2.32. The van der Waals surface area contributed by atoms with E-state index >= 15 is 0 Å². The van der Waals surface area contributed by atoms with E-state index < -0.39 is 28.5 Å². The first kappa shape index (κ1) is 29.4. The summed E-state index contributed by atoms with van der Waals surface area (Å²) in [6.45, 7) is 3.84. The molecule has 192 valence electrons. The maximum atomic E-state index is 13.7. The van der Waals surface area contributed by atoms with Gasteiger partial charge in [0.2, 0.25) is 21.8 Å². The van der Waals surface area contributed by atoms with Crippen LogP contribution in [0.5, 0.6) is 0 Å². The van der Waals surface area contributed by atoms with Gasteiger partial charge in [-0.15, -0.1) is 0 Å². The minimum absolute atomic E-state index is 0.0160. The lowest BCUT2D eigenvalue weighted by molar-refractivity contribution is -0.140. The van der Waals surface area contributed by atoms with Gasteiger partial charge in [-0.1, -0.05) is 61.7 Å². The van der Waals surface area contributed by atoms with Gasteiger partial charge in [0.05, 0.1) is 11.9 Å². The number of anilines is 1. The molecule has 0 heterocycles. The Morgan fingerprint density at radius 3 is 2.37 bits per heavy atom. The van der Waals surface area contributed by atoms with Gasteiger partial charge < -0.3 is 10.2 Å². The first-order valence-corrected chi connectivity index (χ1v) is 14.6. The molecular weight excluding hydrogens is 577 g/mol. The highest BCUT2D eigenvalue weighted by atomic mass is 79.9. The van der Waals surface area contributed by atoms with E-state index in [2.05, 4.69) is 21.2 Å². The molecule has 1 unspecified atom stereocenters. The van der Waals surface area contributed by atoms with Crippen molar-refractivity contribution in [2.75, 3.05) is 23.7 Å². The predicted molar refractivity (Wildman–Crippen MR) is 145 cm³/mol. The van der Waals surface area contributed by atoms with E-state index in [9.17, 15) is 18.0 Å². The van der Waals surface area contributed by atoms with Crippen molar-refractivity contribution in [1.82, 2.24) is 10.2 Å². The number of halogens is 3. The fourth-order valence-corrected chi connectivity index (χ4v) is 5.45. The first-order chi connectivity index (χ1) is 16.5. The molecule has 0 aromatic heterocycles. The summed E-state index contributed by atoms with van der Waals surface area (Å²) in [6, 6.07) is 10.8. The van der Waals surface area contributed by atoms with Gasteiger partial charge in [-0.25, -0.2) is 8.42 Å². The van der Waals surface area contributed by atoms with Crippen molar-refractivity contribution in [3.8, 4) is 0 Å². The molecule has 0 spiro atoms. The number of benzene rings is 2. The Morgan fingerprint density at radius 1 is 1.11 bits per heavy atom. The average molecular weight is 607 g/mol. The molecule has 2 amide bonds. The van der Waals surface area contributed by atoms with Crippen LogP contribution in [0.15, 0.2) is 46.9 Å². The zero-order chi connectivity index (χ0) is 26.2. The maximum absolute atomic E-state index is 13.7. The number of carbonyl (C=O) groups excluding carboxylic acids is 2. The molecule has 0 aliphatic carbocycles. The second kappa shape index (κ2) is 13.5. The number of unbranched alkanes of at least 4 members (excludes halogenated alkanes) is 1. The van der Waals surface area contributed by atoms with Crippen LogP contribution in [-0.2, 0) is 26.2 Å². The smallest absolute Gasteiger partial charge is 0.244 e. The Labute approximate surface area is 225 Å². The van der Waals surface area contributed by atoms with Crippen LogP contribution in [0.3, 0.4) is 0 Å². The van der Waals surface area contributed by atoms with Crippen LogP contribution in [0.1, 0.15) is 38.7 Å². The molecule has 2 aromatic rings. The van der Waals surface area contributed by atoms with E-state index in [4.69, 9.17) is 23.2 Å². The van der Waals surface area contributed by atoms with Gasteiger partial charge in [0.1, 0.15) is 12.6 Å². The quantitative estimate of drug-likeness (QED) is 0.335. The van der Waals surface area contributed by atoms with Crippen LogP contribution in [-0.4, -0.2) is 50.5 Å². The topological polar surface area (TPSA) is 86.8 Å². The SMILES string of the molecule is CCCCNC(=O)C(CC)N(Cc1ccc(Cl)cc1Cl)C(=O)CN(c1ccccc1Br)S(C)(=O)=O. The number of hydrogen-bond acceptors (Lipinski definition) is 4. The monoisotopic (exact) mass is 605 g/mol. The molecule has 1 N–H and O–H groups in total. The molecular formula is C24H30BrCl2N3O4S. The van der Waals surface area contributed by atoms with Crippen molar-refractivity contribution in [2.24, 2.45) is 0 Å². The molecule has 0 aliphatic heterocycles. The Bertz CT molecular complexity index is 1150. The van der Waals surface area contributed by atoms with Gasteiger partial charge in [0, 0.05) is 27.6 Å². The molecule has 2 rings (SSSR count). The third kappa shape index (κ3) is 8.37. The molecule has 0 fully saturated rings. The minimum atomic E-state index is -3.81. The lowest BCUT2D eigenvalue weighted by Crippen LogP contribution is -2.52. The zero-order valence-electron chi connectivity index (χ0n) is 19.9. The van der Waals surface area contributed by atoms with E-state index in [1.807, 2.05) is 6.92 Å². The Balaban J connectivity index is 2.45. The molecule has 0 bridgehead atoms. The maximum Gasteiger partial charge on any atom is 0.244 e. The van der Waals surface area contributed by atoms with E-state index in [0.29, 0.717) is 38.7 Å². The summed E-state index contributed by atoms with van der Waals surface area (Å²) >= 11 is 15.8. The fraction of sp³-hybridized carbons (Fsp3) is 0.417. The van der Waals surface area contributed by atoms with Crippen molar-refractivity contribution in [3.63, 3.8) is 0 Å². The third-order valence-electron chi connectivity index (χ3n) is 5.37. The van der Waals surface area contributed by atoms with Crippen molar-refractivity contribution >= 4 is 66.7 Å². The normalized spacial score (nSPS) is 12.2. The van der Waals surface area contributed by atoms with Crippen molar-refractivity contribution in [1.29, 1.82) is 0 Å². The molecule has 0 saturated carbocycles. The molecule has 0 radical (unpaired) electrons. The molecule has 35 heavy (non-hydrogen) atoms. The highest BCUT2D eigenvalue weighted by molar-refractivity contribution is 9.10. The number of sulfonamides is 1. The Hall–Kier alpha value is -1.81. The van der Waals surface area contributed by atoms with Crippen LogP contribution < -0.4 is 9.62 Å². The van der Waals surface area contributed by atoms with Crippen LogP contribution in [0.25, 0.3) is 0 Å². The number of carbonyl (C=O) groups is 2. The number of amides is 2. The Morgan fingerprint density at radius 2 is 1.80 bits per heavy atom. The molecule has 1 atom stereocenters. The van der Waals surface area contributed by atoms with Crippen LogP contribution in [0.4, 0.5) is 5.69 Å². The standard InChI is InChI=1S/C24H30BrCl2N3O4S/c1-4-6-13-28-24(32)21(5-2)29(15-17-11-12-18(26)14-20(17)27)23(31)16-30(35(3,33)34)22-10-8-7-9-19(22)25/h7-12,14,21H,4-6,13,15-16H2,1-3H3,(H,28,32). The van der Waals surface area contributed by atoms with Gasteiger partial charge in [-0.2, -0.15) is 0 Å². The van der Waals surface area contributed by atoms with Gasteiger partial charge in [0.25, 0.3) is 0 Å². The minimum Gasteiger partial charge on any atom is -0.354 e. The van der Waals surface area contributed by atoms with Crippen LogP contribution in [0, 0.1) is 0 Å². The number of nitrogens with one attached hydrogen (secondary N) is 1. The zero-order valence-corrected chi connectivity index (χ0v) is 23.8. The van der Waals surface area contributed by atoms with Gasteiger partial charge in [-0.3, -0.25) is 13.9 Å². The summed E-state index contributed by atoms with van der Waals surface area (Å²) in [5.74, 6) is -0.833. The van der Waals surface area contributed by atoms with Gasteiger partial charge >= 0.3 is 0 Å². The molecule has 7 nitrogen and oxygen atoms in total. The van der Waals surface area contributed by atoms with Crippen molar-refractivity contribution in [3.05, 3.63) is 62.5 Å². The number of nitrogens with zero attached hydrogens (tertiary/aromatic N) is 2. The van der Waals surface area contributed by atoms with Crippen molar-refractivity contribution in [2.45, 2.75) is 45.7 Å². The summed E-state index contributed by atoms with van der Waals surface area (Å²) in [5.41, 5.74) is 0.921. The van der Waals surface area contributed by atoms with Gasteiger partial charge in [-0.05, 0) is 58.6 Å². The van der Waals surface area contributed by atoms with Gasteiger partial charge in [0.15, 0.2) is 0 Å². The highest BCUT2D eigenvalue weighted by Crippen LogP contribution is 2.29. The van der Waals surface area contributed by atoms with E-state index in [-0.39, 0.29) is 12.5 Å². The molecule has 0 aliphatic rings. The second-order valence-electron chi connectivity index (χ2n) is 8.05. The first-order valence-electron chi connectivity index (χ1n) is 11.2. The van der Waals surface area contributed by atoms with E-state index in [1.54, 1.807) is 49.4 Å². The Kier molecular flexibility index (Phi) is 11.3. The molecule has 11 heteroatoms. The number of hydrogen-bond donors (Lipinski definition) is 1. The van der Waals surface area contributed by atoms with Crippen LogP contribution in [0.2, 0.25) is 10.0 Å².